The fourth-order valence-corrected chi connectivity index (χ4v) is 1.86. The lowest BCUT2D eigenvalue weighted by atomic mass is 10.1. The number of benzene rings is 1. The molecule has 0 aliphatic heterocycles. The highest BCUT2D eigenvalue weighted by molar-refractivity contribution is 6.07. The van der Waals surface area contributed by atoms with Crippen molar-refractivity contribution in [2.45, 2.75) is 13.0 Å². The molecule has 0 aliphatic carbocycles. The molecule has 0 spiro atoms. The zero-order valence-corrected chi connectivity index (χ0v) is 10.4. The van der Waals surface area contributed by atoms with E-state index >= 15 is 0 Å². The number of esters is 1. The van der Waals surface area contributed by atoms with Gasteiger partial charge in [-0.3, -0.25) is 9.48 Å². The Balaban J connectivity index is 2.36. The number of nitrogens with two attached hydrogens (primary N) is 1. The van der Waals surface area contributed by atoms with Gasteiger partial charge in [0.15, 0.2) is 5.84 Å². The van der Waals surface area contributed by atoms with E-state index in [0.29, 0.717) is 12.1 Å². The van der Waals surface area contributed by atoms with Crippen LogP contribution in [-0.2, 0) is 16.1 Å². The van der Waals surface area contributed by atoms with Crippen LogP contribution in [0.2, 0.25) is 0 Å². The van der Waals surface area contributed by atoms with Crippen molar-refractivity contribution in [3.8, 4) is 0 Å². The molecule has 7 heteroatoms. The van der Waals surface area contributed by atoms with Crippen molar-refractivity contribution in [1.82, 2.24) is 9.78 Å². The molecule has 7 nitrogen and oxygen atoms in total. The number of carbonyl (C=O) groups is 1. The first-order chi connectivity index (χ1) is 9.17. The van der Waals surface area contributed by atoms with Crippen LogP contribution in [0.3, 0.4) is 0 Å². The van der Waals surface area contributed by atoms with E-state index in [0.717, 1.165) is 10.9 Å². The van der Waals surface area contributed by atoms with Gasteiger partial charge in [0.05, 0.1) is 31.8 Å². The largest absolute Gasteiger partial charge is 0.469 e. The highest BCUT2D eigenvalue weighted by Crippen LogP contribution is 2.18. The van der Waals surface area contributed by atoms with E-state index < -0.39 is 0 Å². The van der Waals surface area contributed by atoms with E-state index in [1.54, 1.807) is 23.0 Å². The van der Waals surface area contributed by atoms with Crippen LogP contribution < -0.4 is 5.73 Å². The highest BCUT2D eigenvalue weighted by atomic mass is 16.5. The number of oxime groups is 1. The molecular weight excluding hydrogens is 248 g/mol. The van der Waals surface area contributed by atoms with Gasteiger partial charge in [0.2, 0.25) is 0 Å². The standard InChI is InChI=1S/C12H14N4O3/c1-19-11(17)5-6-16-10-4-2-3-8(12(13)15-18)9(10)7-14-16/h2-4,7,18H,5-6H2,1H3,(H2,13,15). The second-order valence-corrected chi connectivity index (χ2v) is 3.92. The number of rotatable bonds is 4. The predicted octanol–water partition coefficient (Wildman–Crippen LogP) is 0.694. The Kier molecular flexibility index (Phi) is 3.65. The van der Waals surface area contributed by atoms with Crippen LogP contribution in [-0.4, -0.2) is 33.9 Å². The maximum Gasteiger partial charge on any atom is 0.307 e. The van der Waals surface area contributed by atoms with Crippen molar-refractivity contribution in [2.24, 2.45) is 10.9 Å². The van der Waals surface area contributed by atoms with Crippen molar-refractivity contribution in [1.29, 1.82) is 0 Å². The van der Waals surface area contributed by atoms with Gasteiger partial charge in [0, 0.05) is 10.9 Å². The lowest BCUT2D eigenvalue weighted by Crippen LogP contribution is -2.13. The van der Waals surface area contributed by atoms with Gasteiger partial charge < -0.3 is 15.7 Å². The Morgan fingerprint density at radius 3 is 3.05 bits per heavy atom. The summed E-state index contributed by atoms with van der Waals surface area (Å²) in [5.74, 6) is -0.269. The molecule has 1 heterocycles. The molecule has 0 saturated carbocycles. The summed E-state index contributed by atoms with van der Waals surface area (Å²) in [6, 6.07) is 5.38. The third-order valence-corrected chi connectivity index (χ3v) is 2.83. The Morgan fingerprint density at radius 1 is 1.58 bits per heavy atom. The summed E-state index contributed by atoms with van der Waals surface area (Å²) < 4.78 is 6.27. The number of methoxy groups -OCH3 is 1. The first-order valence-corrected chi connectivity index (χ1v) is 5.66. The summed E-state index contributed by atoms with van der Waals surface area (Å²) >= 11 is 0. The van der Waals surface area contributed by atoms with E-state index in [4.69, 9.17) is 10.9 Å². The lowest BCUT2D eigenvalue weighted by Gasteiger charge is -2.04. The van der Waals surface area contributed by atoms with Gasteiger partial charge >= 0.3 is 5.97 Å². The Bertz CT molecular complexity index is 633. The van der Waals surface area contributed by atoms with Gasteiger partial charge in [-0.15, -0.1) is 0 Å². The first-order valence-electron chi connectivity index (χ1n) is 5.66. The van der Waals surface area contributed by atoms with Gasteiger partial charge in [-0.1, -0.05) is 17.3 Å². The average molecular weight is 262 g/mol. The molecular formula is C12H14N4O3. The number of fused-ring (bicyclic) bond motifs is 1. The molecule has 0 saturated heterocycles. The topological polar surface area (TPSA) is 103 Å². The Labute approximate surface area is 109 Å². The summed E-state index contributed by atoms with van der Waals surface area (Å²) in [5, 5.41) is 16.7. The smallest absolute Gasteiger partial charge is 0.307 e. The summed E-state index contributed by atoms with van der Waals surface area (Å²) in [6.45, 7) is 0.412. The van der Waals surface area contributed by atoms with E-state index in [-0.39, 0.29) is 18.2 Å². The lowest BCUT2D eigenvalue weighted by molar-refractivity contribution is -0.140. The van der Waals surface area contributed by atoms with Crippen LogP contribution in [0.25, 0.3) is 10.9 Å². The molecule has 1 aromatic carbocycles. The summed E-state index contributed by atoms with van der Waals surface area (Å²) in [7, 11) is 1.35. The molecule has 0 radical (unpaired) electrons. The fourth-order valence-electron chi connectivity index (χ4n) is 1.86. The quantitative estimate of drug-likeness (QED) is 0.277. The van der Waals surface area contributed by atoms with Crippen LogP contribution >= 0.6 is 0 Å². The maximum atomic E-state index is 11.1. The zero-order valence-electron chi connectivity index (χ0n) is 10.4. The molecule has 1 aromatic heterocycles. The van der Waals surface area contributed by atoms with Gasteiger partial charge in [-0.25, -0.2) is 0 Å². The molecule has 2 rings (SSSR count). The number of hydrogen-bond acceptors (Lipinski definition) is 5. The number of hydrogen-bond donors (Lipinski definition) is 2. The normalized spacial score (nSPS) is 11.7. The first kappa shape index (κ1) is 12.9. The third kappa shape index (κ3) is 2.49. The minimum atomic E-state index is -0.295. The minimum absolute atomic E-state index is 0.0260. The van der Waals surface area contributed by atoms with E-state index in [9.17, 15) is 4.79 Å². The molecule has 0 bridgehead atoms. The van der Waals surface area contributed by atoms with E-state index in [2.05, 4.69) is 15.0 Å². The average Bonchev–Trinajstić information content (AvgIpc) is 2.86. The minimum Gasteiger partial charge on any atom is -0.469 e. The molecule has 0 fully saturated rings. The molecule has 3 N–H and O–H groups in total. The second-order valence-electron chi connectivity index (χ2n) is 3.92. The van der Waals surface area contributed by atoms with E-state index in [1.807, 2.05) is 6.07 Å². The van der Waals surface area contributed by atoms with Crippen LogP contribution in [0.4, 0.5) is 0 Å². The third-order valence-electron chi connectivity index (χ3n) is 2.83. The van der Waals surface area contributed by atoms with Gasteiger partial charge in [-0.05, 0) is 6.07 Å². The summed E-state index contributed by atoms with van der Waals surface area (Å²) in [4.78, 5) is 11.1. The molecule has 0 unspecified atom stereocenters. The summed E-state index contributed by atoms with van der Waals surface area (Å²) in [6.07, 6.45) is 1.86. The zero-order chi connectivity index (χ0) is 13.8. The fraction of sp³-hybridized carbons (Fsp3) is 0.250. The molecule has 0 aliphatic rings. The van der Waals surface area contributed by atoms with Crippen LogP contribution in [0, 0.1) is 0 Å². The number of aryl methyl sites for hydroxylation is 1. The number of aromatic nitrogens is 2. The number of ether oxygens (including phenoxy) is 1. The maximum absolute atomic E-state index is 11.1. The number of carbonyl (C=O) groups excluding carboxylic acids is 1. The molecule has 0 atom stereocenters. The van der Waals surface area contributed by atoms with Crippen molar-refractivity contribution in [2.75, 3.05) is 7.11 Å². The SMILES string of the molecule is COC(=O)CCn1ncc2c(/C(N)=N\O)cccc21. The van der Waals surface area contributed by atoms with Gasteiger partial charge in [0.1, 0.15) is 0 Å². The van der Waals surface area contributed by atoms with Crippen LogP contribution in [0.5, 0.6) is 0 Å². The van der Waals surface area contributed by atoms with Crippen molar-refractivity contribution in [3.63, 3.8) is 0 Å². The number of amidine groups is 1. The summed E-state index contributed by atoms with van der Waals surface area (Å²) in [5.41, 5.74) is 7.02. The van der Waals surface area contributed by atoms with Crippen LogP contribution in [0.1, 0.15) is 12.0 Å². The van der Waals surface area contributed by atoms with Gasteiger partial charge in [-0.2, -0.15) is 5.10 Å². The molecule has 100 valence electrons. The van der Waals surface area contributed by atoms with Crippen LogP contribution in [0.15, 0.2) is 29.6 Å². The molecule has 0 amide bonds. The Hall–Kier alpha value is -2.57. The monoisotopic (exact) mass is 262 g/mol. The van der Waals surface area contributed by atoms with E-state index in [1.165, 1.54) is 7.11 Å². The predicted molar refractivity (Wildman–Crippen MR) is 68.9 cm³/mol. The number of nitrogens with zero attached hydrogens (tertiary/aromatic N) is 3. The molecule has 19 heavy (non-hydrogen) atoms. The molecule has 2 aromatic rings. The Morgan fingerprint density at radius 2 is 2.37 bits per heavy atom. The second kappa shape index (κ2) is 5.38. The highest BCUT2D eigenvalue weighted by Gasteiger charge is 2.10. The van der Waals surface area contributed by atoms with Crippen molar-refractivity contribution in [3.05, 3.63) is 30.0 Å². The van der Waals surface area contributed by atoms with Crippen molar-refractivity contribution < 1.29 is 14.7 Å². The van der Waals surface area contributed by atoms with Crippen molar-refractivity contribution >= 4 is 22.7 Å². The van der Waals surface area contributed by atoms with Gasteiger partial charge in [0.25, 0.3) is 0 Å².